The van der Waals surface area contributed by atoms with Crippen LogP contribution >= 0.6 is 0 Å². The third kappa shape index (κ3) is 1.13. The molecular formula is C5H7NO3. The van der Waals surface area contributed by atoms with Crippen LogP contribution in [0.1, 0.15) is 0 Å². The Kier molecular flexibility index (Phi) is 1.58. The third-order valence-corrected chi connectivity index (χ3v) is 1.10. The van der Waals surface area contributed by atoms with Gasteiger partial charge in [0, 0.05) is 6.20 Å². The molecule has 3 rings (SSSR count). The summed E-state index contributed by atoms with van der Waals surface area (Å²) in [5.74, 6) is 1.15. The monoisotopic (exact) mass is 129 g/mol. The fourth-order valence-electron chi connectivity index (χ4n) is 0.709. The van der Waals surface area contributed by atoms with Crippen molar-refractivity contribution in [3.63, 3.8) is 0 Å². The highest BCUT2D eigenvalue weighted by molar-refractivity contribution is 5.32. The van der Waals surface area contributed by atoms with E-state index >= 15 is 0 Å². The Morgan fingerprint density at radius 2 is 2.44 bits per heavy atom. The quantitative estimate of drug-likeness (QED) is 0.461. The lowest BCUT2D eigenvalue weighted by Crippen LogP contribution is -2.17. The average Bonchev–Trinajstić information content (AvgIpc) is 2.17. The minimum Gasteiger partial charge on any atom is -0.483 e. The van der Waals surface area contributed by atoms with E-state index in [-0.39, 0.29) is 6.47 Å². The molecule has 1 fully saturated rings. The van der Waals surface area contributed by atoms with Gasteiger partial charge in [-0.05, 0) is 0 Å². The molecule has 0 aromatic heterocycles. The molecule has 0 amide bonds. The predicted molar refractivity (Wildman–Crippen MR) is 29.4 cm³/mol. The van der Waals surface area contributed by atoms with Crippen molar-refractivity contribution >= 4 is 6.47 Å². The van der Waals surface area contributed by atoms with E-state index in [1.165, 1.54) is 0 Å². The van der Waals surface area contributed by atoms with Gasteiger partial charge in [-0.2, -0.15) is 0 Å². The second-order valence-electron chi connectivity index (χ2n) is 1.72. The Hall–Kier alpha value is -1.19. The zero-order valence-corrected chi connectivity index (χ0v) is 4.78. The van der Waals surface area contributed by atoms with Crippen molar-refractivity contribution in [2.45, 2.75) is 0 Å². The van der Waals surface area contributed by atoms with Crippen LogP contribution in [-0.2, 0) is 9.53 Å². The SMILES string of the molecule is C1=C2CN1CO2.O=CO. The Bertz CT molecular complexity index is 139. The summed E-state index contributed by atoms with van der Waals surface area (Å²) >= 11 is 0. The molecule has 0 atom stereocenters. The van der Waals surface area contributed by atoms with Crippen LogP contribution in [0, 0.1) is 0 Å². The number of nitrogens with zero attached hydrogens (tertiary/aromatic N) is 1. The van der Waals surface area contributed by atoms with E-state index in [1.54, 1.807) is 0 Å². The maximum atomic E-state index is 8.36. The van der Waals surface area contributed by atoms with Crippen LogP contribution in [0.4, 0.5) is 0 Å². The molecule has 0 saturated carbocycles. The number of fused-ring (bicyclic) bond motifs is 1. The maximum absolute atomic E-state index is 8.36. The Labute approximate surface area is 52.3 Å². The first kappa shape index (κ1) is 5.94. The van der Waals surface area contributed by atoms with Crippen molar-refractivity contribution in [1.29, 1.82) is 0 Å². The third-order valence-electron chi connectivity index (χ3n) is 1.10. The zero-order chi connectivity index (χ0) is 6.69. The van der Waals surface area contributed by atoms with Gasteiger partial charge in [0.1, 0.15) is 5.76 Å². The number of hydrogen-bond donors (Lipinski definition) is 1. The normalized spacial score (nSPS) is 18.2. The zero-order valence-electron chi connectivity index (χ0n) is 4.78. The number of carbonyl (C=O) groups is 1. The van der Waals surface area contributed by atoms with Gasteiger partial charge < -0.3 is 14.7 Å². The first-order chi connectivity index (χ1) is 4.36. The van der Waals surface area contributed by atoms with E-state index in [9.17, 15) is 0 Å². The fourth-order valence-corrected chi connectivity index (χ4v) is 0.709. The largest absolute Gasteiger partial charge is 0.483 e. The highest BCUT2D eigenvalue weighted by Crippen LogP contribution is 2.21. The van der Waals surface area contributed by atoms with Gasteiger partial charge in [-0.3, -0.25) is 4.79 Å². The lowest BCUT2D eigenvalue weighted by molar-refractivity contribution is -0.122. The molecule has 0 aromatic carbocycles. The average molecular weight is 129 g/mol. The van der Waals surface area contributed by atoms with Crippen LogP contribution in [0.3, 0.4) is 0 Å². The van der Waals surface area contributed by atoms with Crippen LogP contribution in [0.25, 0.3) is 0 Å². The molecule has 4 nitrogen and oxygen atoms in total. The summed E-state index contributed by atoms with van der Waals surface area (Å²) in [6, 6.07) is 0. The molecule has 9 heavy (non-hydrogen) atoms. The number of carboxylic acid groups (broad SMARTS) is 1. The fraction of sp³-hybridized carbons (Fsp3) is 0.400. The van der Waals surface area contributed by atoms with Crippen molar-refractivity contribution in [1.82, 2.24) is 4.90 Å². The van der Waals surface area contributed by atoms with Crippen molar-refractivity contribution in [3.8, 4) is 0 Å². The molecule has 0 aliphatic carbocycles. The van der Waals surface area contributed by atoms with E-state index < -0.39 is 0 Å². The van der Waals surface area contributed by atoms with Gasteiger partial charge in [-0.15, -0.1) is 0 Å². The molecule has 0 radical (unpaired) electrons. The van der Waals surface area contributed by atoms with E-state index in [0.29, 0.717) is 0 Å². The summed E-state index contributed by atoms with van der Waals surface area (Å²) in [5, 5.41) is 6.89. The van der Waals surface area contributed by atoms with Crippen LogP contribution < -0.4 is 0 Å². The Morgan fingerprint density at radius 3 is 2.56 bits per heavy atom. The first-order valence-corrected chi connectivity index (χ1v) is 2.52. The maximum Gasteiger partial charge on any atom is 0.290 e. The van der Waals surface area contributed by atoms with Gasteiger partial charge in [0.25, 0.3) is 6.47 Å². The van der Waals surface area contributed by atoms with Gasteiger partial charge >= 0.3 is 0 Å². The molecule has 3 aliphatic heterocycles. The molecule has 4 heteroatoms. The van der Waals surface area contributed by atoms with Gasteiger partial charge in [0.15, 0.2) is 6.73 Å². The van der Waals surface area contributed by atoms with Gasteiger partial charge in [-0.25, -0.2) is 0 Å². The highest BCUT2D eigenvalue weighted by atomic mass is 16.5. The van der Waals surface area contributed by atoms with Crippen molar-refractivity contribution in [3.05, 3.63) is 12.0 Å². The van der Waals surface area contributed by atoms with Crippen LogP contribution in [0.15, 0.2) is 12.0 Å². The molecule has 0 aromatic rings. The number of ether oxygens (including phenoxy) is 1. The second-order valence-corrected chi connectivity index (χ2v) is 1.72. The van der Waals surface area contributed by atoms with E-state index in [0.717, 1.165) is 19.0 Å². The molecule has 3 aliphatic rings. The highest BCUT2D eigenvalue weighted by Gasteiger charge is 2.23. The Balaban J connectivity index is 0.000000120. The van der Waals surface area contributed by atoms with Gasteiger partial charge in [-0.1, -0.05) is 0 Å². The second kappa shape index (κ2) is 2.39. The smallest absolute Gasteiger partial charge is 0.290 e. The molecule has 2 bridgehead atoms. The number of rotatable bonds is 0. The molecule has 50 valence electrons. The van der Waals surface area contributed by atoms with Gasteiger partial charge in [0.2, 0.25) is 0 Å². The topological polar surface area (TPSA) is 49.8 Å². The summed E-state index contributed by atoms with van der Waals surface area (Å²) in [5.41, 5.74) is 0. The summed E-state index contributed by atoms with van der Waals surface area (Å²) in [7, 11) is 0. The van der Waals surface area contributed by atoms with Crippen LogP contribution in [-0.4, -0.2) is 29.8 Å². The van der Waals surface area contributed by atoms with E-state index in [1.807, 2.05) is 6.20 Å². The standard InChI is InChI=1S/C4H5NO.CH2O2/c1-4-2-5(1)3-6-4;2-1-3/h1H,2-3H2;1H,(H,2,3). The molecule has 0 spiro atoms. The van der Waals surface area contributed by atoms with E-state index in [4.69, 9.17) is 14.6 Å². The summed E-state index contributed by atoms with van der Waals surface area (Å²) in [4.78, 5) is 10.5. The predicted octanol–water partition coefficient (Wildman–Crippen LogP) is -0.168. The molecule has 0 unspecified atom stereocenters. The van der Waals surface area contributed by atoms with Crippen molar-refractivity contribution in [2.75, 3.05) is 13.3 Å². The molecule has 3 heterocycles. The lowest BCUT2D eigenvalue weighted by Gasteiger charge is -2.10. The first-order valence-electron chi connectivity index (χ1n) is 2.52. The van der Waals surface area contributed by atoms with Gasteiger partial charge in [0.05, 0.1) is 6.54 Å². The summed E-state index contributed by atoms with van der Waals surface area (Å²) in [6.07, 6.45) is 2.03. The van der Waals surface area contributed by atoms with Crippen molar-refractivity contribution < 1.29 is 14.6 Å². The van der Waals surface area contributed by atoms with Crippen LogP contribution in [0.5, 0.6) is 0 Å². The van der Waals surface area contributed by atoms with Crippen LogP contribution in [0.2, 0.25) is 0 Å². The minimum absolute atomic E-state index is 0.250. The summed E-state index contributed by atoms with van der Waals surface area (Å²) in [6.45, 7) is 1.61. The number of hydrogen-bond acceptors (Lipinski definition) is 3. The molecule has 1 N–H and O–H groups in total. The molecular weight excluding hydrogens is 122 g/mol. The Morgan fingerprint density at radius 1 is 1.89 bits per heavy atom. The lowest BCUT2D eigenvalue weighted by atomic mass is 10.4. The van der Waals surface area contributed by atoms with Crippen molar-refractivity contribution in [2.24, 2.45) is 0 Å². The minimum atomic E-state index is -0.250. The van der Waals surface area contributed by atoms with E-state index in [2.05, 4.69) is 4.90 Å². The molecule has 1 saturated heterocycles. The summed E-state index contributed by atoms with van der Waals surface area (Å²) < 4.78 is 5.01.